The highest BCUT2D eigenvalue weighted by atomic mass is 16.3. The van der Waals surface area contributed by atoms with Crippen LogP contribution in [-0.4, -0.2) is 15.1 Å². The van der Waals surface area contributed by atoms with Crippen molar-refractivity contribution in [3.05, 3.63) is 54.1 Å². The molecule has 0 fully saturated rings. The smallest absolute Gasteiger partial charge is 0.133 e. The van der Waals surface area contributed by atoms with E-state index >= 15 is 0 Å². The first-order valence-electron chi connectivity index (χ1n) is 5.54. The molecule has 2 heterocycles. The quantitative estimate of drug-likeness (QED) is 0.842. The lowest BCUT2D eigenvalue weighted by molar-refractivity contribution is 0.471. The zero-order chi connectivity index (χ0) is 12.1. The summed E-state index contributed by atoms with van der Waals surface area (Å²) in [7, 11) is 0. The molecule has 0 saturated heterocycles. The van der Waals surface area contributed by atoms with Gasteiger partial charge in [0.15, 0.2) is 0 Å². The van der Waals surface area contributed by atoms with Crippen molar-refractivity contribution in [2.45, 2.75) is 19.5 Å². The Bertz CT molecular complexity index is 456. The Labute approximate surface area is 100 Å². The molecule has 0 unspecified atom stereocenters. The van der Waals surface area contributed by atoms with Crippen LogP contribution in [0.1, 0.15) is 24.4 Å². The standard InChI is InChI=1S/C13H15N3O/c1-10(13-4-2-3-7-14-13)15-8-11-5-6-12(17)9-16-11/h2-7,9-10,15,17H,8H2,1H3/t10-/m0/s1. The van der Waals surface area contributed by atoms with Crippen LogP contribution >= 0.6 is 0 Å². The molecule has 1 atom stereocenters. The first kappa shape index (κ1) is 11.5. The highest BCUT2D eigenvalue weighted by molar-refractivity contribution is 5.18. The van der Waals surface area contributed by atoms with E-state index in [0.717, 1.165) is 11.4 Å². The van der Waals surface area contributed by atoms with Crippen molar-refractivity contribution in [1.29, 1.82) is 0 Å². The fraction of sp³-hybridized carbons (Fsp3) is 0.231. The van der Waals surface area contributed by atoms with E-state index in [1.54, 1.807) is 18.3 Å². The SMILES string of the molecule is C[C@H](NCc1ccc(O)cn1)c1ccccn1. The highest BCUT2D eigenvalue weighted by Gasteiger charge is 2.05. The molecule has 0 spiro atoms. The Morgan fingerprint density at radius 3 is 2.76 bits per heavy atom. The molecule has 88 valence electrons. The van der Waals surface area contributed by atoms with Gasteiger partial charge in [-0.05, 0) is 31.2 Å². The summed E-state index contributed by atoms with van der Waals surface area (Å²) in [5, 5.41) is 12.4. The molecule has 0 aliphatic carbocycles. The molecule has 0 aromatic carbocycles. The van der Waals surface area contributed by atoms with Gasteiger partial charge in [-0.2, -0.15) is 0 Å². The molecule has 0 aliphatic heterocycles. The highest BCUT2D eigenvalue weighted by Crippen LogP contribution is 2.10. The summed E-state index contributed by atoms with van der Waals surface area (Å²) in [4.78, 5) is 8.39. The third-order valence-corrected chi connectivity index (χ3v) is 2.53. The summed E-state index contributed by atoms with van der Waals surface area (Å²) >= 11 is 0. The third kappa shape index (κ3) is 3.26. The van der Waals surface area contributed by atoms with Crippen molar-refractivity contribution in [3.63, 3.8) is 0 Å². The summed E-state index contributed by atoms with van der Waals surface area (Å²) in [5.74, 6) is 0.187. The summed E-state index contributed by atoms with van der Waals surface area (Å²) in [6, 6.07) is 9.47. The number of pyridine rings is 2. The molecular weight excluding hydrogens is 214 g/mol. The topological polar surface area (TPSA) is 58.0 Å². The van der Waals surface area contributed by atoms with E-state index in [1.807, 2.05) is 18.2 Å². The molecule has 2 aromatic heterocycles. The van der Waals surface area contributed by atoms with Crippen LogP contribution in [0.3, 0.4) is 0 Å². The maximum Gasteiger partial charge on any atom is 0.133 e. The molecule has 0 bridgehead atoms. The minimum absolute atomic E-state index is 0.173. The van der Waals surface area contributed by atoms with Gasteiger partial charge >= 0.3 is 0 Å². The van der Waals surface area contributed by atoms with Crippen LogP contribution in [0.5, 0.6) is 5.75 Å². The number of nitrogens with zero attached hydrogens (tertiary/aromatic N) is 2. The summed E-state index contributed by atoms with van der Waals surface area (Å²) in [6.45, 7) is 2.71. The first-order chi connectivity index (χ1) is 8.25. The van der Waals surface area contributed by atoms with Gasteiger partial charge in [0.05, 0.1) is 17.6 Å². The van der Waals surface area contributed by atoms with Gasteiger partial charge in [0.25, 0.3) is 0 Å². The van der Waals surface area contributed by atoms with Crippen LogP contribution in [-0.2, 0) is 6.54 Å². The van der Waals surface area contributed by atoms with Crippen LogP contribution < -0.4 is 5.32 Å². The lowest BCUT2D eigenvalue weighted by atomic mass is 10.2. The van der Waals surface area contributed by atoms with Crippen LogP contribution in [0.4, 0.5) is 0 Å². The monoisotopic (exact) mass is 229 g/mol. The van der Waals surface area contributed by atoms with E-state index in [4.69, 9.17) is 5.11 Å². The van der Waals surface area contributed by atoms with Crippen molar-refractivity contribution >= 4 is 0 Å². The maximum absolute atomic E-state index is 9.12. The van der Waals surface area contributed by atoms with Crippen molar-refractivity contribution in [1.82, 2.24) is 15.3 Å². The zero-order valence-corrected chi connectivity index (χ0v) is 9.67. The summed E-state index contributed by atoms with van der Waals surface area (Å²) < 4.78 is 0. The largest absolute Gasteiger partial charge is 0.506 e. The van der Waals surface area contributed by atoms with Gasteiger partial charge in [0, 0.05) is 18.8 Å². The van der Waals surface area contributed by atoms with Crippen LogP contribution in [0, 0.1) is 0 Å². The molecule has 0 saturated carbocycles. The fourth-order valence-corrected chi connectivity index (χ4v) is 1.52. The minimum atomic E-state index is 0.173. The first-order valence-corrected chi connectivity index (χ1v) is 5.54. The van der Waals surface area contributed by atoms with E-state index in [-0.39, 0.29) is 11.8 Å². The van der Waals surface area contributed by atoms with Crippen LogP contribution in [0.25, 0.3) is 0 Å². The summed E-state index contributed by atoms with van der Waals surface area (Å²) in [6.07, 6.45) is 3.23. The Hall–Kier alpha value is -1.94. The Morgan fingerprint density at radius 1 is 1.24 bits per heavy atom. The van der Waals surface area contributed by atoms with Crippen molar-refractivity contribution in [2.75, 3.05) is 0 Å². The van der Waals surface area contributed by atoms with E-state index in [9.17, 15) is 0 Å². The predicted octanol–water partition coefficient (Wildman–Crippen LogP) is 2.03. The number of nitrogens with one attached hydrogen (secondary N) is 1. The third-order valence-electron chi connectivity index (χ3n) is 2.53. The van der Waals surface area contributed by atoms with Crippen LogP contribution in [0.15, 0.2) is 42.7 Å². The maximum atomic E-state index is 9.12. The van der Waals surface area contributed by atoms with Crippen molar-refractivity contribution in [2.24, 2.45) is 0 Å². The minimum Gasteiger partial charge on any atom is -0.506 e. The fourth-order valence-electron chi connectivity index (χ4n) is 1.52. The van der Waals surface area contributed by atoms with Gasteiger partial charge in [0.2, 0.25) is 0 Å². The van der Waals surface area contributed by atoms with Gasteiger partial charge in [0.1, 0.15) is 5.75 Å². The van der Waals surface area contributed by atoms with E-state index < -0.39 is 0 Å². The average Bonchev–Trinajstić information content (AvgIpc) is 2.39. The molecule has 2 rings (SSSR count). The Morgan fingerprint density at radius 2 is 2.12 bits per heavy atom. The molecule has 0 radical (unpaired) electrons. The average molecular weight is 229 g/mol. The molecule has 0 aliphatic rings. The number of rotatable bonds is 4. The Kier molecular flexibility index (Phi) is 3.67. The van der Waals surface area contributed by atoms with Crippen molar-refractivity contribution < 1.29 is 5.11 Å². The van der Waals surface area contributed by atoms with Gasteiger partial charge in [-0.15, -0.1) is 0 Å². The second kappa shape index (κ2) is 5.41. The number of hydrogen-bond acceptors (Lipinski definition) is 4. The predicted molar refractivity (Wildman–Crippen MR) is 65.4 cm³/mol. The van der Waals surface area contributed by atoms with Gasteiger partial charge in [-0.1, -0.05) is 6.07 Å². The van der Waals surface area contributed by atoms with E-state index in [1.165, 1.54) is 6.20 Å². The Balaban J connectivity index is 1.92. The molecule has 2 aromatic rings. The molecule has 2 N–H and O–H groups in total. The summed E-state index contributed by atoms with van der Waals surface area (Å²) in [5.41, 5.74) is 1.90. The molecule has 0 amide bonds. The number of hydrogen-bond donors (Lipinski definition) is 2. The van der Waals surface area contributed by atoms with Crippen LogP contribution in [0.2, 0.25) is 0 Å². The number of aromatic hydroxyl groups is 1. The zero-order valence-electron chi connectivity index (χ0n) is 9.67. The normalized spacial score (nSPS) is 12.3. The molecule has 17 heavy (non-hydrogen) atoms. The lowest BCUT2D eigenvalue weighted by Crippen LogP contribution is -2.19. The molecule has 4 nitrogen and oxygen atoms in total. The number of aromatic nitrogens is 2. The van der Waals surface area contributed by atoms with Crippen molar-refractivity contribution in [3.8, 4) is 5.75 Å². The van der Waals surface area contributed by atoms with Gasteiger partial charge in [-0.3, -0.25) is 9.97 Å². The second-order valence-electron chi connectivity index (χ2n) is 3.86. The van der Waals surface area contributed by atoms with Gasteiger partial charge < -0.3 is 10.4 Å². The lowest BCUT2D eigenvalue weighted by Gasteiger charge is -2.12. The van der Waals surface area contributed by atoms with E-state index in [0.29, 0.717) is 6.54 Å². The molecular formula is C13H15N3O. The van der Waals surface area contributed by atoms with E-state index in [2.05, 4.69) is 22.2 Å². The van der Waals surface area contributed by atoms with Gasteiger partial charge in [-0.25, -0.2) is 0 Å². The second-order valence-corrected chi connectivity index (χ2v) is 3.86. The molecule has 4 heteroatoms.